The zero-order chi connectivity index (χ0) is 21.0. The second kappa shape index (κ2) is 9.15. The number of amides is 1. The van der Waals surface area contributed by atoms with Crippen molar-refractivity contribution in [2.45, 2.75) is 30.0 Å². The van der Waals surface area contributed by atoms with Gasteiger partial charge in [0.05, 0.1) is 26.2 Å². The molecule has 29 heavy (non-hydrogen) atoms. The molecule has 1 aromatic carbocycles. The van der Waals surface area contributed by atoms with Crippen LogP contribution in [-0.2, 0) is 14.8 Å². The topological polar surface area (TPSA) is 84.9 Å². The van der Waals surface area contributed by atoms with Gasteiger partial charge in [-0.05, 0) is 49.4 Å². The van der Waals surface area contributed by atoms with Crippen LogP contribution in [0.3, 0.4) is 0 Å². The number of thiophene rings is 1. The van der Waals surface area contributed by atoms with E-state index in [1.165, 1.54) is 15.6 Å². The summed E-state index contributed by atoms with van der Waals surface area (Å²) >= 11 is 1.19. The van der Waals surface area contributed by atoms with Crippen LogP contribution in [0.15, 0.2) is 39.9 Å². The van der Waals surface area contributed by atoms with Crippen molar-refractivity contribution in [2.24, 2.45) is 5.92 Å². The van der Waals surface area contributed by atoms with Crippen molar-refractivity contribution < 1.29 is 22.7 Å². The van der Waals surface area contributed by atoms with Gasteiger partial charge in [0, 0.05) is 18.7 Å². The molecule has 0 unspecified atom stereocenters. The fourth-order valence-corrected chi connectivity index (χ4v) is 6.17. The molecule has 1 fully saturated rings. The SMILES string of the molecule is COc1ccc(OC)c([C@H](C)NC(=O)[C@H]2CCCN(S(=O)(=O)c3cccs3)C2)c1. The van der Waals surface area contributed by atoms with Gasteiger partial charge in [-0.15, -0.1) is 11.3 Å². The van der Waals surface area contributed by atoms with E-state index in [4.69, 9.17) is 9.47 Å². The van der Waals surface area contributed by atoms with Crippen LogP contribution in [-0.4, -0.2) is 45.9 Å². The monoisotopic (exact) mass is 438 g/mol. The lowest BCUT2D eigenvalue weighted by molar-refractivity contribution is -0.126. The van der Waals surface area contributed by atoms with Crippen LogP contribution in [0.5, 0.6) is 11.5 Å². The second-order valence-corrected chi connectivity index (χ2v) is 10.1. The lowest BCUT2D eigenvalue weighted by atomic mass is 9.97. The van der Waals surface area contributed by atoms with E-state index in [0.717, 1.165) is 5.56 Å². The molecule has 0 aliphatic carbocycles. The molecule has 158 valence electrons. The lowest BCUT2D eigenvalue weighted by Gasteiger charge is -2.31. The van der Waals surface area contributed by atoms with E-state index in [0.29, 0.717) is 35.1 Å². The van der Waals surface area contributed by atoms with E-state index < -0.39 is 15.9 Å². The summed E-state index contributed by atoms with van der Waals surface area (Å²) in [7, 11) is -0.390. The third-order valence-electron chi connectivity index (χ3n) is 5.11. The second-order valence-electron chi connectivity index (χ2n) is 6.97. The Balaban J connectivity index is 1.71. The summed E-state index contributed by atoms with van der Waals surface area (Å²) in [6.07, 6.45) is 1.31. The molecule has 0 spiro atoms. The van der Waals surface area contributed by atoms with Crippen LogP contribution in [0.1, 0.15) is 31.4 Å². The van der Waals surface area contributed by atoms with Gasteiger partial charge in [0.15, 0.2) is 0 Å². The van der Waals surface area contributed by atoms with Crippen molar-refractivity contribution in [2.75, 3.05) is 27.3 Å². The summed E-state index contributed by atoms with van der Waals surface area (Å²) in [5, 5.41) is 4.75. The van der Waals surface area contributed by atoms with Gasteiger partial charge < -0.3 is 14.8 Å². The number of piperidine rings is 1. The number of rotatable bonds is 7. The first-order valence-electron chi connectivity index (χ1n) is 9.42. The molecular formula is C20H26N2O5S2. The largest absolute Gasteiger partial charge is 0.497 e. The zero-order valence-electron chi connectivity index (χ0n) is 16.8. The molecule has 2 atom stereocenters. The quantitative estimate of drug-likeness (QED) is 0.718. The molecule has 1 aromatic heterocycles. The highest BCUT2D eigenvalue weighted by molar-refractivity contribution is 7.91. The summed E-state index contributed by atoms with van der Waals surface area (Å²) in [4.78, 5) is 12.9. The predicted molar refractivity (Wildman–Crippen MR) is 112 cm³/mol. The fourth-order valence-electron chi connectivity index (χ4n) is 3.50. The summed E-state index contributed by atoms with van der Waals surface area (Å²) in [5.74, 6) is 0.780. The number of nitrogens with one attached hydrogen (secondary N) is 1. The molecule has 1 aliphatic rings. The molecule has 3 rings (SSSR count). The number of hydrogen-bond donors (Lipinski definition) is 1. The van der Waals surface area contributed by atoms with Crippen LogP contribution in [0.4, 0.5) is 0 Å². The minimum Gasteiger partial charge on any atom is -0.497 e. The Kier molecular flexibility index (Phi) is 6.81. The third-order valence-corrected chi connectivity index (χ3v) is 8.34. The maximum atomic E-state index is 12.9. The first-order chi connectivity index (χ1) is 13.9. The predicted octanol–water partition coefficient (Wildman–Crippen LogP) is 3.04. The Morgan fingerprint density at radius 3 is 2.72 bits per heavy atom. The van der Waals surface area contributed by atoms with Crippen molar-refractivity contribution >= 4 is 27.3 Å². The molecule has 1 N–H and O–H groups in total. The van der Waals surface area contributed by atoms with Crippen molar-refractivity contribution in [3.63, 3.8) is 0 Å². The van der Waals surface area contributed by atoms with Gasteiger partial charge in [-0.3, -0.25) is 4.79 Å². The van der Waals surface area contributed by atoms with E-state index in [1.54, 1.807) is 43.9 Å². The Morgan fingerprint density at radius 2 is 2.07 bits per heavy atom. The highest BCUT2D eigenvalue weighted by Gasteiger charge is 2.34. The Labute approximate surface area is 175 Å². The van der Waals surface area contributed by atoms with Gasteiger partial charge in [-0.1, -0.05) is 6.07 Å². The standard InChI is InChI=1S/C20H26N2O5S2/c1-14(17-12-16(26-2)8-9-18(17)27-3)21-20(23)15-6-4-10-22(13-15)29(24,25)19-7-5-11-28-19/h5,7-9,11-12,14-15H,4,6,10,13H2,1-3H3,(H,21,23)/t14-,15-/m0/s1. The zero-order valence-corrected chi connectivity index (χ0v) is 18.4. The molecule has 2 heterocycles. The van der Waals surface area contributed by atoms with Gasteiger partial charge in [-0.25, -0.2) is 8.42 Å². The number of ether oxygens (including phenoxy) is 2. The van der Waals surface area contributed by atoms with E-state index >= 15 is 0 Å². The van der Waals surface area contributed by atoms with Crippen molar-refractivity contribution in [1.29, 1.82) is 0 Å². The van der Waals surface area contributed by atoms with Crippen LogP contribution in [0.2, 0.25) is 0 Å². The maximum Gasteiger partial charge on any atom is 0.252 e. The average molecular weight is 439 g/mol. The molecule has 2 aromatic rings. The molecule has 1 aliphatic heterocycles. The fraction of sp³-hybridized carbons (Fsp3) is 0.450. The van der Waals surface area contributed by atoms with Gasteiger partial charge in [0.2, 0.25) is 5.91 Å². The van der Waals surface area contributed by atoms with Gasteiger partial charge in [-0.2, -0.15) is 4.31 Å². The Hall–Kier alpha value is -2.10. The van der Waals surface area contributed by atoms with E-state index in [1.807, 2.05) is 13.0 Å². The highest BCUT2D eigenvalue weighted by Crippen LogP contribution is 2.30. The van der Waals surface area contributed by atoms with Crippen molar-refractivity contribution in [3.05, 3.63) is 41.3 Å². The number of hydrogen-bond acceptors (Lipinski definition) is 6. The minimum absolute atomic E-state index is 0.159. The normalized spacial score (nSPS) is 18.8. The molecule has 0 radical (unpaired) electrons. The van der Waals surface area contributed by atoms with Crippen LogP contribution < -0.4 is 14.8 Å². The summed E-state index contributed by atoms with van der Waals surface area (Å²) in [6.45, 7) is 2.50. The molecule has 1 saturated heterocycles. The maximum absolute atomic E-state index is 12.9. The Bertz CT molecular complexity index is 944. The number of benzene rings is 1. The molecular weight excluding hydrogens is 412 g/mol. The Morgan fingerprint density at radius 1 is 1.28 bits per heavy atom. The summed E-state index contributed by atoms with van der Waals surface area (Å²) in [5.41, 5.74) is 0.805. The van der Waals surface area contributed by atoms with Crippen LogP contribution >= 0.6 is 11.3 Å². The van der Waals surface area contributed by atoms with Crippen molar-refractivity contribution in [3.8, 4) is 11.5 Å². The van der Waals surface area contributed by atoms with E-state index in [2.05, 4.69) is 5.32 Å². The van der Waals surface area contributed by atoms with E-state index in [-0.39, 0.29) is 18.5 Å². The minimum atomic E-state index is -3.55. The number of methoxy groups -OCH3 is 2. The average Bonchev–Trinajstić information content (AvgIpc) is 3.29. The van der Waals surface area contributed by atoms with Crippen LogP contribution in [0, 0.1) is 5.92 Å². The summed E-state index contributed by atoms with van der Waals surface area (Å²) in [6, 6.07) is 8.43. The highest BCUT2D eigenvalue weighted by atomic mass is 32.2. The number of carbonyl (C=O) groups is 1. The smallest absolute Gasteiger partial charge is 0.252 e. The van der Waals surface area contributed by atoms with Crippen LogP contribution in [0.25, 0.3) is 0 Å². The third kappa shape index (κ3) is 4.73. The molecule has 0 bridgehead atoms. The number of nitrogens with zero attached hydrogens (tertiary/aromatic N) is 1. The van der Waals surface area contributed by atoms with Crippen molar-refractivity contribution in [1.82, 2.24) is 9.62 Å². The number of carbonyl (C=O) groups excluding carboxylic acids is 1. The molecule has 1 amide bonds. The lowest BCUT2D eigenvalue weighted by Crippen LogP contribution is -2.45. The molecule has 7 nitrogen and oxygen atoms in total. The van der Waals surface area contributed by atoms with Gasteiger partial charge in [0.1, 0.15) is 15.7 Å². The van der Waals surface area contributed by atoms with Gasteiger partial charge in [0.25, 0.3) is 10.0 Å². The molecule has 9 heteroatoms. The molecule has 0 saturated carbocycles. The number of sulfonamides is 1. The first kappa shape index (κ1) is 21.6. The van der Waals surface area contributed by atoms with E-state index in [9.17, 15) is 13.2 Å². The summed E-state index contributed by atoms with van der Waals surface area (Å²) < 4.78 is 38.0. The first-order valence-corrected chi connectivity index (χ1v) is 11.7. The van der Waals surface area contributed by atoms with Gasteiger partial charge >= 0.3 is 0 Å².